The number of nitrogens with two attached hydrogens (primary N) is 1. The number of nitrogen functional groups attached to an aromatic ring is 1. The van der Waals surface area contributed by atoms with E-state index in [4.69, 9.17) is 10.5 Å². The van der Waals surface area contributed by atoms with Crippen LogP contribution >= 0.6 is 22.6 Å². The van der Waals surface area contributed by atoms with Crippen molar-refractivity contribution >= 4 is 28.3 Å². The predicted molar refractivity (Wildman–Crippen MR) is 55.5 cm³/mol. The van der Waals surface area contributed by atoms with E-state index in [1.165, 1.54) is 7.11 Å². The molecule has 0 aliphatic carbocycles. The first kappa shape index (κ1) is 9.76. The lowest BCUT2D eigenvalue weighted by Gasteiger charge is -2.11. The highest BCUT2D eigenvalue weighted by atomic mass is 127. The van der Waals surface area contributed by atoms with E-state index in [1.54, 1.807) is 6.07 Å². The van der Waals surface area contributed by atoms with Crippen LogP contribution in [0.4, 0.5) is 5.69 Å². The van der Waals surface area contributed by atoms with Gasteiger partial charge in [-0.1, -0.05) is 12.1 Å². The molecule has 0 saturated carbocycles. The van der Waals surface area contributed by atoms with Gasteiger partial charge < -0.3 is 15.6 Å². The van der Waals surface area contributed by atoms with Crippen LogP contribution in [-0.4, -0.2) is 12.2 Å². The SMILES string of the molecule is COC(O)c1cccc(I)c1N. The van der Waals surface area contributed by atoms with E-state index >= 15 is 0 Å². The molecule has 66 valence electrons. The molecule has 0 spiro atoms. The minimum atomic E-state index is -0.931. The molecule has 0 aromatic heterocycles. The van der Waals surface area contributed by atoms with E-state index in [0.29, 0.717) is 11.3 Å². The van der Waals surface area contributed by atoms with E-state index in [2.05, 4.69) is 22.6 Å². The van der Waals surface area contributed by atoms with E-state index in [1.807, 2.05) is 12.1 Å². The summed E-state index contributed by atoms with van der Waals surface area (Å²) in [4.78, 5) is 0. The Morgan fingerprint density at radius 2 is 2.25 bits per heavy atom. The fourth-order valence-electron chi connectivity index (χ4n) is 0.896. The Bertz CT molecular complexity index is 278. The molecule has 1 unspecified atom stereocenters. The molecule has 1 aromatic carbocycles. The molecule has 1 atom stereocenters. The minimum absolute atomic E-state index is 0.576. The summed E-state index contributed by atoms with van der Waals surface area (Å²) >= 11 is 2.11. The third-order valence-corrected chi connectivity index (χ3v) is 2.52. The molecule has 0 heterocycles. The molecule has 0 fully saturated rings. The lowest BCUT2D eigenvalue weighted by atomic mass is 10.2. The molecule has 3 nitrogen and oxygen atoms in total. The fourth-order valence-corrected chi connectivity index (χ4v) is 1.42. The van der Waals surface area contributed by atoms with Crippen LogP contribution in [0.1, 0.15) is 11.9 Å². The van der Waals surface area contributed by atoms with Gasteiger partial charge in [0.2, 0.25) is 0 Å². The van der Waals surface area contributed by atoms with Gasteiger partial charge in [0.15, 0.2) is 6.29 Å². The lowest BCUT2D eigenvalue weighted by Crippen LogP contribution is -2.04. The van der Waals surface area contributed by atoms with Gasteiger partial charge in [-0.15, -0.1) is 0 Å². The van der Waals surface area contributed by atoms with Crippen molar-refractivity contribution in [2.24, 2.45) is 0 Å². The summed E-state index contributed by atoms with van der Waals surface area (Å²) in [5.41, 5.74) is 6.90. The molecule has 0 amide bonds. The topological polar surface area (TPSA) is 55.5 Å². The van der Waals surface area contributed by atoms with Crippen molar-refractivity contribution in [1.82, 2.24) is 0 Å². The van der Waals surface area contributed by atoms with Crippen molar-refractivity contribution in [3.63, 3.8) is 0 Å². The number of rotatable bonds is 2. The molecule has 0 aliphatic rings. The number of ether oxygens (including phenoxy) is 1. The molecule has 0 radical (unpaired) electrons. The fraction of sp³-hybridized carbons (Fsp3) is 0.250. The van der Waals surface area contributed by atoms with Crippen LogP contribution in [-0.2, 0) is 4.74 Å². The maximum atomic E-state index is 9.33. The normalized spacial score (nSPS) is 12.9. The Balaban J connectivity index is 3.07. The van der Waals surface area contributed by atoms with Crippen LogP contribution in [0.25, 0.3) is 0 Å². The largest absolute Gasteiger partial charge is 0.397 e. The standard InChI is InChI=1S/C8H10INO2/c1-12-8(11)5-3-2-4-6(9)7(5)10/h2-4,8,11H,10H2,1H3. The van der Waals surface area contributed by atoms with Gasteiger partial charge in [-0.25, -0.2) is 0 Å². The zero-order chi connectivity index (χ0) is 9.14. The summed E-state index contributed by atoms with van der Waals surface area (Å²) in [6, 6.07) is 5.45. The molecule has 0 bridgehead atoms. The van der Waals surface area contributed by atoms with Crippen molar-refractivity contribution in [2.45, 2.75) is 6.29 Å². The first-order chi connectivity index (χ1) is 5.66. The van der Waals surface area contributed by atoms with E-state index < -0.39 is 6.29 Å². The van der Waals surface area contributed by atoms with Crippen LogP contribution < -0.4 is 5.73 Å². The molecule has 1 aromatic rings. The van der Waals surface area contributed by atoms with E-state index in [9.17, 15) is 5.11 Å². The van der Waals surface area contributed by atoms with Gasteiger partial charge in [0, 0.05) is 16.2 Å². The second kappa shape index (κ2) is 4.06. The van der Waals surface area contributed by atoms with E-state index in [-0.39, 0.29) is 0 Å². The second-order valence-electron chi connectivity index (χ2n) is 2.33. The van der Waals surface area contributed by atoms with Crippen LogP contribution in [0.5, 0.6) is 0 Å². The van der Waals surface area contributed by atoms with Gasteiger partial charge in [-0.2, -0.15) is 0 Å². The highest BCUT2D eigenvalue weighted by molar-refractivity contribution is 14.1. The third-order valence-electron chi connectivity index (χ3n) is 1.58. The Labute approximate surface area is 84.7 Å². The van der Waals surface area contributed by atoms with Crippen molar-refractivity contribution in [3.8, 4) is 0 Å². The smallest absolute Gasteiger partial charge is 0.182 e. The summed E-state index contributed by atoms with van der Waals surface area (Å²) in [5.74, 6) is 0. The number of benzene rings is 1. The molecule has 4 heteroatoms. The summed E-state index contributed by atoms with van der Waals surface area (Å²) in [6.07, 6.45) is -0.931. The third kappa shape index (κ3) is 1.88. The molecular weight excluding hydrogens is 269 g/mol. The quantitative estimate of drug-likeness (QED) is 0.490. The highest BCUT2D eigenvalue weighted by Gasteiger charge is 2.10. The summed E-state index contributed by atoms with van der Waals surface area (Å²) in [5, 5.41) is 9.33. The van der Waals surface area contributed by atoms with Gasteiger partial charge in [0.1, 0.15) is 0 Å². The van der Waals surface area contributed by atoms with Gasteiger partial charge in [0.05, 0.1) is 5.69 Å². The van der Waals surface area contributed by atoms with Crippen LogP contribution in [0.15, 0.2) is 18.2 Å². The monoisotopic (exact) mass is 279 g/mol. The van der Waals surface area contributed by atoms with Gasteiger partial charge in [-0.3, -0.25) is 0 Å². The van der Waals surface area contributed by atoms with Gasteiger partial charge in [-0.05, 0) is 28.7 Å². The lowest BCUT2D eigenvalue weighted by molar-refractivity contribution is -0.0764. The van der Waals surface area contributed by atoms with Crippen molar-refractivity contribution in [3.05, 3.63) is 27.3 Å². The Morgan fingerprint density at radius 1 is 1.58 bits per heavy atom. The van der Waals surface area contributed by atoms with Crippen LogP contribution in [0.2, 0.25) is 0 Å². The first-order valence-electron chi connectivity index (χ1n) is 3.41. The highest BCUT2D eigenvalue weighted by Crippen LogP contribution is 2.25. The Hall–Kier alpha value is -0.330. The van der Waals surface area contributed by atoms with Crippen molar-refractivity contribution in [1.29, 1.82) is 0 Å². The minimum Gasteiger partial charge on any atom is -0.397 e. The number of methoxy groups -OCH3 is 1. The number of hydrogen-bond donors (Lipinski definition) is 2. The van der Waals surface area contributed by atoms with Crippen molar-refractivity contribution < 1.29 is 9.84 Å². The second-order valence-corrected chi connectivity index (χ2v) is 3.49. The number of aliphatic hydroxyl groups excluding tert-OH is 1. The number of anilines is 1. The van der Waals surface area contributed by atoms with Gasteiger partial charge in [0.25, 0.3) is 0 Å². The summed E-state index contributed by atoms with van der Waals surface area (Å²) < 4.78 is 5.66. The summed E-state index contributed by atoms with van der Waals surface area (Å²) in [6.45, 7) is 0. The number of aliphatic hydroxyl groups is 1. The molecule has 1 rings (SSSR count). The molecular formula is C8H10INO2. The number of halogens is 1. The van der Waals surface area contributed by atoms with Crippen LogP contribution in [0.3, 0.4) is 0 Å². The molecule has 12 heavy (non-hydrogen) atoms. The first-order valence-corrected chi connectivity index (χ1v) is 4.49. The van der Waals surface area contributed by atoms with Crippen LogP contribution in [0, 0.1) is 3.57 Å². The molecule has 0 aliphatic heterocycles. The number of para-hydroxylation sites is 1. The van der Waals surface area contributed by atoms with Gasteiger partial charge >= 0.3 is 0 Å². The molecule has 0 saturated heterocycles. The summed E-state index contributed by atoms with van der Waals surface area (Å²) in [7, 11) is 1.43. The predicted octanol–water partition coefficient (Wildman–Crippen LogP) is 1.51. The maximum Gasteiger partial charge on any atom is 0.182 e. The molecule has 3 N–H and O–H groups in total. The Morgan fingerprint density at radius 3 is 2.83 bits per heavy atom. The van der Waals surface area contributed by atoms with Crippen molar-refractivity contribution in [2.75, 3.05) is 12.8 Å². The average Bonchev–Trinajstić information content (AvgIpc) is 2.08. The maximum absolute atomic E-state index is 9.33. The Kier molecular flexibility index (Phi) is 3.30. The van der Waals surface area contributed by atoms with E-state index in [0.717, 1.165) is 3.57 Å². The zero-order valence-corrected chi connectivity index (χ0v) is 8.78. The zero-order valence-electron chi connectivity index (χ0n) is 6.62. The average molecular weight is 279 g/mol. The number of hydrogen-bond acceptors (Lipinski definition) is 3.